The van der Waals surface area contributed by atoms with Crippen molar-refractivity contribution in [1.29, 1.82) is 0 Å². The monoisotopic (exact) mass is 220 g/mol. The summed E-state index contributed by atoms with van der Waals surface area (Å²) in [7, 11) is 1.85. The van der Waals surface area contributed by atoms with Crippen molar-refractivity contribution >= 4 is 0 Å². The topological polar surface area (TPSA) is 42.7 Å². The fraction of sp³-hybridized carbons (Fsp3) is 0.273. The Balaban J connectivity index is 2.44. The van der Waals surface area contributed by atoms with Gasteiger partial charge in [0, 0.05) is 6.04 Å². The summed E-state index contributed by atoms with van der Waals surface area (Å²) in [4.78, 5) is 0. The highest BCUT2D eigenvalue weighted by Crippen LogP contribution is 2.15. The molecule has 2 rings (SSSR count). The average molecular weight is 220 g/mol. The third kappa shape index (κ3) is 1.94. The number of hydrogen-bond acceptors (Lipinski definition) is 3. The minimum Gasteiger partial charge on any atom is -0.312 e. The summed E-state index contributed by atoms with van der Waals surface area (Å²) in [6.45, 7) is 1.99. The van der Waals surface area contributed by atoms with Crippen molar-refractivity contribution in [2.75, 3.05) is 7.05 Å². The van der Waals surface area contributed by atoms with E-state index in [1.165, 1.54) is 12.1 Å². The molecule has 0 aliphatic heterocycles. The zero-order valence-electron chi connectivity index (χ0n) is 9.18. The van der Waals surface area contributed by atoms with Gasteiger partial charge in [-0.2, -0.15) is 0 Å². The van der Waals surface area contributed by atoms with Crippen LogP contribution in [-0.2, 0) is 0 Å². The summed E-state index contributed by atoms with van der Waals surface area (Å²) < 4.78 is 14.7. The van der Waals surface area contributed by atoms with Crippen LogP contribution in [-0.4, -0.2) is 22.0 Å². The first-order chi connectivity index (χ1) is 7.72. The minimum absolute atomic E-state index is 0.110. The quantitative estimate of drug-likeness (QED) is 0.855. The molecule has 0 radical (unpaired) electrons. The Hall–Kier alpha value is -1.75. The molecule has 1 aromatic heterocycles. The molecule has 5 heteroatoms. The summed E-state index contributed by atoms with van der Waals surface area (Å²) >= 11 is 0. The van der Waals surface area contributed by atoms with Gasteiger partial charge >= 0.3 is 0 Å². The maximum atomic E-state index is 13.1. The van der Waals surface area contributed by atoms with E-state index in [1.54, 1.807) is 23.0 Å². The van der Waals surface area contributed by atoms with Crippen LogP contribution in [0.25, 0.3) is 5.69 Å². The van der Waals surface area contributed by atoms with Crippen LogP contribution in [0.4, 0.5) is 4.39 Å². The number of nitrogens with zero attached hydrogens (tertiary/aromatic N) is 3. The maximum Gasteiger partial charge on any atom is 0.125 e. The second-order valence-electron chi connectivity index (χ2n) is 3.56. The van der Waals surface area contributed by atoms with E-state index in [2.05, 4.69) is 15.6 Å². The van der Waals surface area contributed by atoms with Crippen LogP contribution >= 0.6 is 0 Å². The largest absolute Gasteiger partial charge is 0.312 e. The van der Waals surface area contributed by atoms with E-state index < -0.39 is 0 Å². The molecule has 1 atom stereocenters. The van der Waals surface area contributed by atoms with Crippen molar-refractivity contribution in [3.63, 3.8) is 0 Å². The van der Waals surface area contributed by atoms with E-state index in [0.717, 1.165) is 5.69 Å². The Morgan fingerprint density at radius 3 is 2.94 bits per heavy atom. The standard InChI is InChI=1S/C11H13FN4/c1-8(13-2)11-7-14-15-16(11)10-5-3-4-9(12)6-10/h3-8,13H,1-2H3. The van der Waals surface area contributed by atoms with Crippen molar-refractivity contribution in [3.8, 4) is 5.69 Å². The van der Waals surface area contributed by atoms with Crippen molar-refractivity contribution in [2.24, 2.45) is 0 Å². The summed E-state index contributed by atoms with van der Waals surface area (Å²) in [6, 6.07) is 6.39. The van der Waals surface area contributed by atoms with E-state index in [9.17, 15) is 4.39 Å². The molecule has 0 saturated heterocycles. The van der Waals surface area contributed by atoms with E-state index in [0.29, 0.717) is 5.69 Å². The molecule has 4 nitrogen and oxygen atoms in total. The molecule has 0 bridgehead atoms. The average Bonchev–Trinajstić information content (AvgIpc) is 2.77. The van der Waals surface area contributed by atoms with Crippen molar-refractivity contribution in [2.45, 2.75) is 13.0 Å². The number of benzene rings is 1. The van der Waals surface area contributed by atoms with E-state index in [4.69, 9.17) is 0 Å². The van der Waals surface area contributed by atoms with Gasteiger partial charge in [-0.25, -0.2) is 9.07 Å². The van der Waals surface area contributed by atoms with Crippen LogP contribution in [0.3, 0.4) is 0 Å². The lowest BCUT2D eigenvalue weighted by Gasteiger charge is -2.11. The van der Waals surface area contributed by atoms with Gasteiger partial charge in [-0.15, -0.1) is 5.10 Å². The number of halogens is 1. The van der Waals surface area contributed by atoms with Gasteiger partial charge in [0.15, 0.2) is 0 Å². The van der Waals surface area contributed by atoms with Crippen LogP contribution in [0.15, 0.2) is 30.5 Å². The molecule has 84 valence electrons. The lowest BCUT2D eigenvalue weighted by molar-refractivity contribution is 0.596. The summed E-state index contributed by atoms with van der Waals surface area (Å²) in [5.74, 6) is -0.281. The Morgan fingerprint density at radius 2 is 2.25 bits per heavy atom. The lowest BCUT2D eigenvalue weighted by Crippen LogP contribution is -2.16. The predicted octanol–water partition coefficient (Wildman–Crippen LogP) is 1.69. The van der Waals surface area contributed by atoms with Gasteiger partial charge in [-0.05, 0) is 32.2 Å². The third-order valence-corrected chi connectivity index (χ3v) is 2.51. The summed E-state index contributed by atoms with van der Waals surface area (Å²) in [5.41, 5.74) is 1.57. The Morgan fingerprint density at radius 1 is 1.44 bits per heavy atom. The molecule has 16 heavy (non-hydrogen) atoms. The highest BCUT2D eigenvalue weighted by Gasteiger charge is 2.11. The Kier molecular flexibility index (Phi) is 2.96. The van der Waals surface area contributed by atoms with Crippen molar-refractivity contribution in [3.05, 3.63) is 42.0 Å². The van der Waals surface area contributed by atoms with Gasteiger partial charge < -0.3 is 5.32 Å². The fourth-order valence-electron chi connectivity index (χ4n) is 1.49. The third-order valence-electron chi connectivity index (χ3n) is 2.51. The van der Waals surface area contributed by atoms with Crippen LogP contribution < -0.4 is 5.32 Å². The summed E-state index contributed by atoms with van der Waals surface area (Å²) in [6.07, 6.45) is 1.67. The Bertz CT molecular complexity index is 480. The van der Waals surface area contributed by atoms with Gasteiger partial charge in [0.25, 0.3) is 0 Å². The molecular weight excluding hydrogens is 207 g/mol. The van der Waals surface area contributed by atoms with Crippen LogP contribution in [0, 0.1) is 5.82 Å². The van der Waals surface area contributed by atoms with Crippen LogP contribution in [0.5, 0.6) is 0 Å². The van der Waals surface area contributed by atoms with Gasteiger partial charge in [0.1, 0.15) is 5.82 Å². The van der Waals surface area contributed by atoms with Crippen molar-refractivity contribution in [1.82, 2.24) is 20.3 Å². The lowest BCUT2D eigenvalue weighted by atomic mass is 10.2. The molecule has 2 aromatic rings. The summed E-state index contributed by atoms with van der Waals surface area (Å²) in [5, 5.41) is 10.9. The Labute approximate surface area is 93.1 Å². The molecule has 0 aliphatic rings. The van der Waals surface area contributed by atoms with E-state index in [-0.39, 0.29) is 11.9 Å². The first-order valence-electron chi connectivity index (χ1n) is 5.06. The smallest absolute Gasteiger partial charge is 0.125 e. The molecular formula is C11H13FN4. The van der Waals surface area contributed by atoms with Crippen molar-refractivity contribution < 1.29 is 4.39 Å². The van der Waals surface area contributed by atoms with Crippen LogP contribution in [0.1, 0.15) is 18.7 Å². The number of rotatable bonds is 3. The van der Waals surface area contributed by atoms with Gasteiger partial charge in [0.05, 0.1) is 17.6 Å². The highest BCUT2D eigenvalue weighted by molar-refractivity contribution is 5.32. The zero-order chi connectivity index (χ0) is 11.5. The molecule has 0 fully saturated rings. The first kappa shape index (κ1) is 10.8. The normalized spacial score (nSPS) is 12.7. The molecule has 1 N–H and O–H groups in total. The second-order valence-corrected chi connectivity index (χ2v) is 3.56. The van der Waals surface area contributed by atoms with Crippen LogP contribution in [0.2, 0.25) is 0 Å². The number of nitrogens with one attached hydrogen (secondary N) is 1. The molecule has 1 heterocycles. The number of aromatic nitrogens is 3. The molecule has 1 unspecified atom stereocenters. The second kappa shape index (κ2) is 4.40. The molecule has 1 aromatic carbocycles. The SMILES string of the molecule is CNC(C)c1cnnn1-c1cccc(F)c1. The first-order valence-corrected chi connectivity index (χ1v) is 5.06. The van der Waals surface area contributed by atoms with Gasteiger partial charge in [0.2, 0.25) is 0 Å². The molecule has 0 amide bonds. The molecule has 0 saturated carbocycles. The molecule has 0 aliphatic carbocycles. The predicted molar refractivity (Wildman–Crippen MR) is 58.8 cm³/mol. The molecule has 0 spiro atoms. The van der Waals surface area contributed by atoms with E-state index >= 15 is 0 Å². The highest BCUT2D eigenvalue weighted by atomic mass is 19.1. The van der Waals surface area contributed by atoms with Gasteiger partial charge in [-0.3, -0.25) is 0 Å². The number of hydrogen-bond donors (Lipinski definition) is 1. The fourth-order valence-corrected chi connectivity index (χ4v) is 1.49. The minimum atomic E-state index is -0.281. The zero-order valence-corrected chi connectivity index (χ0v) is 9.18. The van der Waals surface area contributed by atoms with E-state index in [1.807, 2.05) is 14.0 Å². The maximum absolute atomic E-state index is 13.1. The van der Waals surface area contributed by atoms with Gasteiger partial charge in [-0.1, -0.05) is 11.3 Å².